The van der Waals surface area contributed by atoms with Crippen LogP contribution in [0.25, 0.3) is 0 Å². The van der Waals surface area contributed by atoms with Gasteiger partial charge in [0.2, 0.25) is 0 Å². The van der Waals surface area contributed by atoms with E-state index in [1.54, 1.807) is 31.6 Å². The summed E-state index contributed by atoms with van der Waals surface area (Å²) in [5.74, 6) is 1.07. The van der Waals surface area contributed by atoms with Gasteiger partial charge in [-0.1, -0.05) is 13.8 Å². The van der Waals surface area contributed by atoms with Gasteiger partial charge in [0.05, 0.1) is 11.7 Å². The number of rotatable bonds is 10. The summed E-state index contributed by atoms with van der Waals surface area (Å²) in [5, 5.41) is 9.29. The van der Waals surface area contributed by atoms with Crippen molar-refractivity contribution in [2.75, 3.05) is 33.3 Å². The minimum atomic E-state index is -0.130. The molecule has 1 atom stereocenters. The predicted octanol–water partition coefficient (Wildman–Crippen LogP) is 1.43. The molecule has 0 aromatic carbocycles. The van der Waals surface area contributed by atoms with Crippen molar-refractivity contribution in [2.45, 2.75) is 33.3 Å². The van der Waals surface area contributed by atoms with E-state index in [-0.39, 0.29) is 12.0 Å². The van der Waals surface area contributed by atoms with E-state index in [0.29, 0.717) is 24.6 Å². The summed E-state index contributed by atoms with van der Waals surface area (Å²) in [7, 11) is 1.73. The summed E-state index contributed by atoms with van der Waals surface area (Å²) in [6.45, 7) is 8.95. The molecular formula is C18H31N5O2. The average molecular weight is 349 g/mol. The van der Waals surface area contributed by atoms with Crippen LogP contribution in [0, 0.1) is 5.92 Å². The molecular weight excluding hydrogens is 318 g/mol. The molecule has 7 heteroatoms. The Morgan fingerprint density at radius 2 is 1.96 bits per heavy atom. The lowest BCUT2D eigenvalue weighted by Crippen LogP contribution is -2.42. The molecule has 0 aliphatic heterocycles. The largest absolute Gasteiger partial charge is 0.378 e. The maximum Gasteiger partial charge on any atom is 0.252 e. The fraction of sp³-hybridized carbons (Fsp3) is 0.611. The van der Waals surface area contributed by atoms with E-state index in [1.807, 2.05) is 6.92 Å². The maximum atomic E-state index is 11.9. The van der Waals surface area contributed by atoms with Crippen LogP contribution in [0.5, 0.6) is 0 Å². The van der Waals surface area contributed by atoms with Crippen molar-refractivity contribution in [3.63, 3.8) is 0 Å². The molecule has 0 spiro atoms. The van der Waals surface area contributed by atoms with E-state index in [2.05, 4.69) is 39.8 Å². The Kier molecular flexibility index (Phi) is 10.2. The van der Waals surface area contributed by atoms with E-state index < -0.39 is 0 Å². The summed E-state index contributed by atoms with van der Waals surface area (Å²) in [5.41, 5.74) is 0.556. The van der Waals surface area contributed by atoms with Crippen LogP contribution in [0.4, 0.5) is 0 Å². The van der Waals surface area contributed by atoms with Gasteiger partial charge in [-0.2, -0.15) is 0 Å². The summed E-state index contributed by atoms with van der Waals surface area (Å²) in [6, 6.07) is 3.48. The van der Waals surface area contributed by atoms with Gasteiger partial charge in [0.15, 0.2) is 5.96 Å². The molecule has 3 N–H and O–H groups in total. The third-order valence-corrected chi connectivity index (χ3v) is 3.70. The van der Waals surface area contributed by atoms with Gasteiger partial charge in [0.25, 0.3) is 5.91 Å². The molecule has 0 saturated heterocycles. The van der Waals surface area contributed by atoms with Gasteiger partial charge < -0.3 is 20.7 Å². The van der Waals surface area contributed by atoms with Crippen molar-refractivity contribution in [1.82, 2.24) is 20.9 Å². The molecule has 0 fully saturated rings. The minimum absolute atomic E-state index is 0.130. The van der Waals surface area contributed by atoms with Crippen molar-refractivity contribution >= 4 is 11.9 Å². The van der Waals surface area contributed by atoms with Gasteiger partial charge in [0, 0.05) is 45.7 Å². The number of amides is 1. The first kappa shape index (κ1) is 20.9. The zero-order chi connectivity index (χ0) is 18.5. The molecule has 1 aromatic rings. The SMILES string of the molecule is CCOC(CCNC(=NC)NCCNC(=O)c1cccnc1)C(C)C. The van der Waals surface area contributed by atoms with Crippen LogP contribution < -0.4 is 16.0 Å². The molecule has 140 valence electrons. The molecule has 0 bridgehead atoms. The highest BCUT2D eigenvalue weighted by Gasteiger charge is 2.12. The number of pyridine rings is 1. The van der Waals surface area contributed by atoms with Gasteiger partial charge in [0.1, 0.15) is 0 Å². The average Bonchev–Trinajstić information content (AvgIpc) is 2.63. The van der Waals surface area contributed by atoms with Gasteiger partial charge in [-0.05, 0) is 31.4 Å². The molecule has 25 heavy (non-hydrogen) atoms. The zero-order valence-corrected chi connectivity index (χ0v) is 15.7. The second kappa shape index (κ2) is 12.2. The van der Waals surface area contributed by atoms with Crippen LogP contribution >= 0.6 is 0 Å². The molecule has 1 unspecified atom stereocenters. The second-order valence-corrected chi connectivity index (χ2v) is 5.95. The summed E-state index contributed by atoms with van der Waals surface area (Å²) < 4.78 is 5.73. The lowest BCUT2D eigenvalue weighted by atomic mass is 10.0. The molecule has 1 heterocycles. The monoisotopic (exact) mass is 349 g/mol. The van der Waals surface area contributed by atoms with Crippen molar-refractivity contribution in [3.8, 4) is 0 Å². The third-order valence-electron chi connectivity index (χ3n) is 3.70. The fourth-order valence-corrected chi connectivity index (χ4v) is 2.33. The maximum absolute atomic E-state index is 11.9. The highest BCUT2D eigenvalue weighted by Crippen LogP contribution is 2.09. The van der Waals surface area contributed by atoms with Crippen molar-refractivity contribution < 1.29 is 9.53 Å². The quantitative estimate of drug-likeness (QED) is 0.338. The Hall–Kier alpha value is -2.15. The second-order valence-electron chi connectivity index (χ2n) is 5.95. The fourth-order valence-electron chi connectivity index (χ4n) is 2.33. The Morgan fingerprint density at radius 3 is 2.56 bits per heavy atom. The number of hydrogen-bond donors (Lipinski definition) is 3. The van der Waals surface area contributed by atoms with E-state index in [1.165, 1.54) is 0 Å². The minimum Gasteiger partial charge on any atom is -0.378 e. The first-order valence-electron chi connectivity index (χ1n) is 8.82. The van der Waals surface area contributed by atoms with E-state index in [4.69, 9.17) is 4.74 Å². The number of carbonyl (C=O) groups is 1. The molecule has 0 aliphatic carbocycles. The number of carbonyl (C=O) groups excluding carboxylic acids is 1. The number of nitrogens with one attached hydrogen (secondary N) is 3. The standard InChI is InChI=1S/C18H31N5O2/c1-5-25-16(14(2)3)8-10-22-18(19-4)23-12-11-21-17(24)15-7-6-9-20-13-15/h6-7,9,13-14,16H,5,8,10-12H2,1-4H3,(H,21,24)(H2,19,22,23). The Labute approximate surface area is 150 Å². The lowest BCUT2D eigenvalue weighted by Gasteiger charge is -2.21. The highest BCUT2D eigenvalue weighted by atomic mass is 16.5. The summed E-state index contributed by atoms with van der Waals surface area (Å²) >= 11 is 0. The van der Waals surface area contributed by atoms with Gasteiger partial charge in [-0.25, -0.2) is 0 Å². The van der Waals surface area contributed by atoms with Crippen LogP contribution in [0.15, 0.2) is 29.5 Å². The normalized spacial score (nSPS) is 12.8. The number of ether oxygens (including phenoxy) is 1. The molecule has 1 aromatic heterocycles. The zero-order valence-electron chi connectivity index (χ0n) is 15.7. The Balaban J connectivity index is 2.23. The molecule has 0 saturated carbocycles. The first-order valence-corrected chi connectivity index (χ1v) is 8.82. The molecule has 1 rings (SSSR count). The van der Waals surface area contributed by atoms with E-state index in [9.17, 15) is 4.79 Å². The number of guanidine groups is 1. The lowest BCUT2D eigenvalue weighted by molar-refractivity contribution is 0.0258. The smallest absolute Gasteiger partial charge is 0.252 e. The predicted molar refractivity (Wildman–Crippen MR) is 101 cm³/mol. The van der Waals surface area contributed by atoms with Crippen LogP contribution in [-0.4, -0.2) is 56.2 Å². The van der Waals surface area contributed by atoms with Crippen LogP contribution in [-0.2, 0) is 4.74 Å². The van der Waals surface area contributed by atoms with Gasteiger partial charge in [-0.3, -0.25) is 14.8 Å². The van der Waals surface area contributed by atoms with Crippen LogP contribution in [0.1, 0.15) is 37.6 Å². The van der Waals surface area contributed by atoms with Gasteiger partial charge >= 0.3 is 0 Å². The van der Waals surface area contributed by atoms with Crippen LogP contribution in [0.3, 0.4) is 0 Å². The summed E-state index contributed by atoms with van der Waals surface area (Å²) in [6.07, 6.45) is 4.36. The van der Waals surface area contributed by atoms with Crippen molar-refractivity contribution in [2.24, 2.45) is 10.9 Å². The van der Waals surface area contributed by atoms with E-state index in [0.717, 1.165) is 25.5 Å². The molecule has 0 radical (unpaired) electrons. The number of aromatic nitrogens is 1. The summed E-state index contributed by atoms with van der Waals surface area (Å²) in [4.78, 5) is 20.0. The number of nitrogens with zero attached hydrogens (tertiary/aromatic N) is 2. The van der Waals surface area contributed by atoms with Crippen LogP contribution in [0.2, 0.25) is 0 Å². The molecule has 7 nitrogen and oxygen atoms in total. The number of aliphatic imine (C=N–C) groups is 1. The molecule has 1 amide bonds. The number of hydrogen-bond acceptors (Lipinski definition) is 4. The third kappa shape index (κ3) is 8.49. The van der Waals surface area contributed by atoms with Crippen molar-refractivity contribution in [3.05, 3.63) is 30.1 Å². The van der Waals surface area contributed by atoms with E-state index >= 15 is 0 Å². The van der Waals surface area contributed by atoms with Gasteiger partial charge in [-0.15, -0.1) is 0 Å². The highest BCUT2D eigenvalue weighted by molar-refractivity contribution is 5.93. The Bertz CT molecular complexity index is 519. The van der Waals surface area contributed by atoms with Crippen molar-refractivity contribution in [1.29, 1.82) is 0 Å². The first-order chi connectivity index (χ1) is 12.1. The topological polar surface area (TPSA) is 87.6 Å². The Morgan fingerprint density at radius 1 is 1.24 bits per heavy atom. The molecule has 0 aliphatic rings.